The molecular weight excluding hydrogens is 620 g/mol. The molecule has 0 saturated carbocycles. The summed E-state index contributed by atoms with van der Waals surface area (Å²) in [6.45, 7) is 5.20. The maximum absolute atomic E-state index is 13.8. The van der Waals surface area contributed by atoms with Crippen molar-refractivity contribution in [3.8, 4) is 5.75 Å². The molecule has 0 aromatic heterocycles. The number of aliphatic imine (C=N–C) groups is 1. The van der Waals surface area contributed by atoms with Crippen LogP contribution in [0.2, 0.25) is 0 Å². The Morgan fingerprint density at radius 2 is 1.65 bits per heavy atom. The van der Waals surface area contributed by atoms with E-state index in [0.29, 0.717) is 12.0 Å². The van der Waals surface area contributed by atoms with Crippen LogP contribution in [0, 0.1) is 5.92 Å². The summed E-state index contributed by atoms with van der Waals surface area (Å²) in [4.78, 5) is 70.2. The van der Waals surface area contributed by atoms with E-state index in [1.165, 1.54) is 35.7 Å². The Morgan fingerprint density at radius 1 is 1.02 bits per heavy atom. The van der Waals surface area contributed by atoms with Crippen LogP contribution in [0.1, 0.15) is 45.6 Å². The number of hydrogen-bond donors (Lipinski definition) is 9. The minimum absolute atomic E-state index is 0.0156. The molecule has 1 saturated heterocycles. The smallest absolute Gasteiger partial charge is 0.328 e. The average Bonchev–Trinajstić information content (AvgIpc) is 3.47. The fourth-order valence-electron chi connectivity index (χ4n) is 4.69. The summed E-state index contributed by atoms with van der Waals surface area (Å²) >= 11 is 1.28. The summed E-state index contributed by atoms with van der Waals surface area (Å²) in [7, 11) is 0. The van der Waals surface area contributed by atoms with Gasteiger partial charge < -0.3 is 53.4 Å². The van der Waals surface area contributed by atoms with Crippen LogP contribution < -0.4 is 33.2 Å². The maximum atomic E-state index is 13.8. The predicted molar refractivity (Wildman–Crippen MR) is 172 cm³/mol. The highest BCUT2D eigenvalue weighted by atomic mass is 32.2. The fourth-order valence-corrected chi connectivity index (χ4v) is 5.85. The van der Waals surface area contributed by atoms with Crippen LogP contribution in [0.4, 0.5) is 0 Å². The summed E-state index contributed by atoms with van der Waals surface area (Å²) in [6, 6.07) is 0.252. The third kappa shape index (κ3) is 12.0. The summed E-state index contributed by atoms with van der Waals surface area (Å²) in [6.07, 6.45) is -0.505. The number of aliphatic hydroxyl groups excluding tert-OH is 1. The molecule has 0 unspecified atom stereocenters. The molecule has 2 rings (SSSR count). The molecule has 1 aromatic carbocycles. The lowest BCUT2D eigenvalue weighted by molar-refractivity contribution is -0.147. The van der Waals surface area contributed by atoms with Crippen LogP contribution in [0.25, 0.3) is 0 Å². The van der Waals surface area contributed by atoms with Crippen LogP contribution >= 0.6 is 11.8 Å². The number of phenols is 1. The first-order valence-corrected chi connectivity index (χ1v) is 16.0. The van der Waals surface area contributed by atoms with E-state index in [4.69, 9.17) is 17.2 Å². The zero-order valence-electron chi connectivity index (χ0n) is 26.2. The lowest BCUT2D eigenvalue weighted by Crippen LogP contribution is -2.59. The summed E-state index contributed by atoms with van der Waals surface area (Å²) in [5.74, 6) is -3.81. The number of carbonyl (C=O) groups excluding carboxylic acids is 4. The number of hydrogen-bond acceptors (Lipinski definition) is 10. The van der Waals surface area contributed by atoms with Crippen LogP contribution in [0.15, 0.2) is 29.3 Å². The molecule has 6 atom stereocenters. The van der Waals surface area contributed by atoms with Gasteiger partial charge in [0.15, 0.2) is 12.0 Å². The molecule has 12 N–H and O–H groups in total. The maximum Gasteiger partial charge on any atom is 0.328 e. The number of benzene rings is 1. The monoisotopic (exact) mass is 666 g/mol. The van der Waals surface area contributed by atoms with Gasteiger partial charge in [0.1, 0.15) is 23.9 Å². The number of rotatable bonds is 17. The summed E-state index contributed by atoms with van der Waals surface area (Å²) in [5.41, 5.74) is 17.3. The van der Waals surface area contributed by atoms with Crippen molar-refractivity contribution in [1.82, 2.24) is 20.9 Å². The highest BCUT2D eigenvalue weighted by molar-refractivity contribution is 7.99. The molecule has 1 fully saturated rings. The molecule has 1 aliphatic rings. The molecule has 0 radical (unpaired) electrons. The van der Waals surface area contributed by atoms with Gasteiger partial charge in [-0.3, -0.25) is 24.2 Å². The second-order valence-corrected chi connectivity index (χ2v) is 12.6. The highest BCUT2D eigenvalue weighted by Gasteiger charge is 2.40. The van der Waals surface area contributed by atoms with Crippen molar-refractivity contribution in [2.75, 3.05) is 18.2 Å². The first-order chi connectivity index (χ1) is 21.6. The Morgan fingerprint density at radius 3 is 2.22 bits per heavy atom. The molecule has 256 valence electrons. The van der Waals surface area contributed by atoms with E-state index in [9.17, 15) is 39.3 Å². The van der Waals surface area contributed by atoms with E-state index in [0.717, 1.165) is 0 Å². The molecule has 4 amide bonds. The van der Waals surface area contributed by atoms with Crippen LogP contribution in [0.5, 0.6) is 5.75 Å². The molecule has 46 heavy (non-hydrogen) atoms. The molecule has 0 bridgehead atoms. The van der Waals surface area contributed by atoms with Gasteiger partial charge in [0.05, 0.1) is 18.0 Å². The number of nitrogens with two attached hydrogens (primary N) is 3. The van der Waals surface area contributed by atoms with Crippen LogP contribution in [-0.4, -0.2) is 110 Å². The standard InChI is InChI=1S/C29H46N8O8S/c1-15(2)11-21(27(43)37-14-46-13-22(37)26(42)36-23(16(3)38)28(44)45)35-25(41)20(12-17-6-8-18(39)9-7-17)34-24(40)19(30)5-4-10-33-29(31)32/h6-9,15-16,19-23,38-39H,4-5,10-14,30H2,1-3H3,(H,34,40)(H,35,41)(H,36,42)(H,44,45)(H4,31,32,33)/t16-,19+,20+,21+,22+,23+/m1/s1. The van der Waals surface area contributed by atoms with E-state index >= 15 is 0 Å². The van der Waals surface area contributed by atoms with Crippen molar-refractivity contribution in [2.45, 2.75) is 82.8 Å². The van der Waals surface area contributed by atoms with Crippen molar-refractivity contribution in [1.29, 1.82) is 0 Å². The van der Waals surface area contributed by atoms with Gasteiger partial charge in [0.25, 0.3) is 0 Å². The van der Waals surface area contributed by atoms with E-state index in [2.05, 4.69) is 20.9 Å². The van der Waals surface area contributed by atoms with E-state index in [-0.39, 0.29) is 55.1 Å². The number of aliphatic hydroxyl groups is 1. The molecule has 17 heteroatoms. The number of aromatic hydroxyl groups is 1. The Kier molecular flexibility index (Phi) is 15.0. The van der Waals surface area contributed by atoms with E-state index in [1.54, 1.807) is 12.1 Å². The van der Waals surface area contributed by atoms with Gasteiger partial charge >= 0.3 is 5.97 Å². The van der Waals surface area contributed by atoms with Gasteiger partial charge in [-0.1, -0.05) is 26.0 Å². The number of nitrogens with one attached hydrogen (secondary N) is 3. The van der Waals surface area contributed by atoms with Gasteiger partial charge in [-0.15, -0.1) is 11.8 Å². The van der Waals surface area contributed by atoms with Crippen molar-refractivity contribution in [3.05, 3.63) is 29.8 Å². The number of phenolic OH excluding ortho intramolecular Hbond substituents is 1. The number of carbonyl (C=O) groups is 5. The Labute approximate surface area is 271 Å². The second-order valence-electron chi connectivity index (χ2n) is 11.6. The van der Waals surface area contributed by atoms with Crippen LogP contribution in [0.3, 0.4) is 0 Å². The van der Waals surface area contributed by atoms with Gasteiger partial charge in [0, 0.05) is 18.7 Å². The van der Waals surface area contributed by atoms with Gasteiger partial charge in [-0.05, 0) is 49.8 Å². The number of thioether (sulfide) groups is 1. The lowest BCUT2D eigenvalue weighted by Gasteiger charge is -2.31. The van der Waals surface area contributed by atoms with Gasteiger partial charge in [-0.2, -0.15) is 0 Å². The molecule has 16 nitrogen and oxygen atoms in total. The number of nitrogens with zero attached hydrogens (tertiary/aromatic N) is 2. The van der Waals surface area contributed by atoms with Crippen LogP contribution in [-0.2, 0) is 30.4 Å². The molecule has 1 aliphatic heterocycles. The number of carboxylic acid groups (broad SMARTS) is 1. The normalized spacial score (nSPS) is 17.7. The average molecular weight is 667 g/mol. The van der Waals surface area contributed by atoms with Gasteiger partial charge in [-0.25, -0.2) is 4.79 Å². The SMILES string of the molecule is CC(C)C[C@H](NC(=O)[C@H](Cc1ccc(O)cc1)NC(=O)[C@@H](N)CCCN=C(N)N)C(=O)N1CSC[C@H]1C(=O)N[C@H](C(=O)O)[C@@H](C)O. The van der Waals surface area contributed by atoms with E-state index < -0.39 is 65.9 Å². The molecule has 0 aliphatic carbocycles. The topological polar surface area (TPSA) is 276 Å². The van der Waals surface area contributed by atoms with Gasteiger partial charge in [0.2, 0.25) is 23.6 Å². The number of carboxylic acids is 1. The van der Waals surface area contributed by atoms with Crippen molar-refractivity contribution in [2.24, 2.45) is 28.1 Å². The summed E-state index contributed by atoms with van der Waals surface area (Å²) < 4.78 is 0. The number of guanidine groups is 1. The number of aliphatic carboxylic acids is 1. The third-order valence-corrected chi connectivity index (χ3v) is 8.16. The minimum atomic E-state index is -1.57. The second kappa shape index (κ2) is 18.2. The highest BCUT2D eigenvalue weighted by Crippen LogP contribution is 2.24. The zero-order chi connectivity index (χ0) is 34.6. The quantitative estimate of drug-likeness (QED) is 0.0505. The fraction of sp³-hybridized carbons (Fsp3) is 0.586. The minimum Gasteiger partial charge on any atom is -0.508 e. The van der Waals surface area contributed by atoms with Crippen molar-refractivity contribution < 1.29 is 39.3 Å². The third-order valence-electron chi connectivity index (χ3n) is 7.15. The molecule has 0 spiro atoms. The number of amides is 4. The van der Waals surface area contributed by atoms with E-state index in [1.807, 2.05) is 13.8 Å². The van der Waals surface area contributed by atoms with Crippen molar-refractivity contribution in [3.63, 3.8) is 0 Å². The Hall–Kier alpha value is -4.09. The Balaban J connectivity index is 2.25. The zero-order valence-corrected chi connectivity index (χ0v) is 27.0. The molecular formula is C29H46N8O8S. The lowest BCUT2D eigenvalue weighted by atomic mass is 10.00. The largest absolute Gasteiger partial charge is 0.508 e. The Bertz CT molecular complexity index is 1240. The first-order valence-electron chi connectivity index (χ1n) is 14.9. The summed E-state index contributed by atoms with van der Waals surface area (Å²) in [5, 5.41) is 36.5. The first kappa shape index (κ1) is 38.1. The molecule has 1 aromatic rings. The van der Waals surface area contributed by atoms with Crippen molar-refractivity contribution >= 4 is 47.3 Å². The predicted octanol–water partition coefficient (Wildman–Crippen LogP) is -1.82. The molecule has 1 heterocycles.